The lowest BCUT2D eigenvalue weighted by Gasteiger charge is -2.38. The summed E-state index contributed by atoms with van der Waals surface area (Å²) in [5, 5.41) is 10.3. The third-order valence-corrected chi connectivity index (χ3v) is 5.87. The Hall–Kier alpha value is -2.14. The number of amides is 2. The van der Waals surface area contributed by atoms with Crippen molar-refractivity contribution in [3.63, 3.8) is 0 Å². The fourth-order valence-electron chi connectivity index (χ4n) is 4.42. The minimum atomic E-state index is -0.437. The van der Waals surface area contributed by atoms with E-state index < -0.39 is 6.10 Å². The molecule has 5 nitrogen and oxygen atoms in total. The molecule has 2 amide bonds. The van der Waals surface area contributed by atoms with Crippen molar-refractivity contribution >= 4 is 17.5 Å². The molecule has 1 aromatic rings. The fourth-order valence-corrected chi connectivity index (χ4v) is 4.42. The summed E-state index contributed by atoms with van der Waals surface area (Å²) in [6.07, 6.45) is 8.11. The number of hydrogen-bond acceptors (Lipinski definition) is 3. The monoisotopic (exact) mass is 356 g/mol. The Bertz CT molecular complexity index is 675. The van der Waals surface area contributed by atoms with Gasteiger partial charge in [0.05, 0.1) is 6.10 Å². The first-order chi connectivity index (χ1) is 12.5. The van der Waals surface area contributed by atoms with Gasteiger partial charge in [0.1, 0.15) is 0 Å². The van der Waals surface area contributed by atoms with Gasteiger partial charge >= 0.3 is 0 Å². The molecular formula is C21H28N2O3. The molecule has 3 rings (SSSR count). The van der Waals surface area contributed by atoms with Crippen LogP contribution in [0.4, 0.5) is 5.69 Å². The highest BCUT2D eigenvalue weighted by Crippen LogP contribution is 2.41. The summed E-state index contributed by atoms with van der Waals surface area (Å²) >= 11 is 0. The van der Waals surface area contributed by atoms with Crippen LogP contribution in [0.3, 0.4) is 0 Å². The molecule has 1 spiro atoms. The van der Waals surface area contributed by atoms with Crippen LogP contribution in [-0.2, 0) is 4.79 Å². The van der Waals surface area contributed by atoms with Crippen LogP contribution in [0.5, 0.6) is 0 Å². The van der Waals surface area contributed by atoms with E-state index in [1.807, 2.05) is 4.90 Å². The van der Waals surface area contributed by atoms with E-state index in [0.29, 0.717) is 18.5 Å². The highest BCUT2D eigenvalue weighted by atomic mass is 16.3. The van der Waals surface area contributed by atoms with Crippen LogP contribution in [-0.4, -0.2) is 47.1 Å². The van der Waals surface area contributed by atoms with Crippen LogP contribution >= 0.6 is 0 Å². The minimum Gasteiger partial charge on any atom is -0.391 e. The summed E-state index contributed by atoms with van der Waals surface area (Å²) in [5.41, 5.74) is 1.13. The van der Waals surface area contributed by atoms with E-state index in [1.54, 1.807) is 31.3 Å². The van der Waals surface area contributed by atoms with Gasteiger partial charge in [-0.3, -0.25) is 9.59 Å². The first-order valence-electron chi connectivity index (χ1n) is 9.47. The number of likely N-dealkylation sites (N-methyl/N-ethyl adjacent to an activating group) is 1. The molecule has 2 fully saturated rings. The molecule has 0 aromatic heterocycles. The van der Waals surface area contributed by atoms with E-state index in [4.69, 9.17) is 0 Å². The zero-order valence-electron chi connectivity index (χ0n) is 15.5. The topological polar surface area (TPSA) is 60.9 Å². The standard InChI is InChI=1S/C21H28N2O3/c1-3-19(25)22(2)17-10-8-16(9-11-17)20(26)23-15-18(24)14-21(23)12-6-4-5-7-13-21/h3,8-11,18,24H,1,4-7,12-15H2,2H3. The zero-order chi connectivity index (χ0) is 18.7. The number of nitrogens with zero attached hydrogens (tertiary/aromatic N) is 2. The van der Waals surface area contributed by atoms with Gasteiger partial charge in [-0.05, 0) is 49.6 Å². The Morgan fingerprint density at radius 2 is 1.81 bits per heavy atom. The van der Waals surface area contributed by atoms with Gasteiger partial charge in [-0.25, -0.2) is 0 Å². The second kappa shape index (κ2) is 7.62. The Kier molecular flexibility index (Phi) is 5.47. The van der Waals surface area contributed by atoms with Crippen molar-refractivity contribution < 1.29 is 14.7 Å². The summed E-state index contributed by atoms with van der Waals surface area (Å²) < 4.78 is 0. The number of rotatable bonds is 3. The van der Waals surface area contributed by atoms with Gasteiger partial charge in [-0.2, -0.15) is 0 Å². The summed E-state index contributed by atoms with van der Waals surface area (Å²) in [6.45, 7) is 3.90. The highest BCUT2D eigenvalue weighted by molar-refractivity contribution is 6.01. The predicted octanol–water partition coefficient (Wildman–Crippen LogP) is 3.14. The van der Waals surface area contributed by atoms with Gasteiger partial charge in [0, 0.05) is 30.4 Å². The molecule has 1 unspecified atom stereocenters. The van der Waals surface area contributed by atoms with Gasteiger partial charge in [-0.15, -0.1) is 0 Å². The average Bonchev–Trinajstić information content (AvgIpc) is 2.82. The molecule has 0 bridgehead atoms. The van der Waals surface area contributed by atoms with E-state index in [-0.39, 0.29) is 17.4 Å². The van der Waals surface area contributed by atoms with Gasteiger partial charge in [0.2, 0.25) is 5.91 Å². The third kappa shape index (κ3) is 3.54. The van der Waals surface area contributed by atoms with Crippen molar-refractivity contribution in [1.82, 2.24) is 4.90 Å². The van der Waals surface area contributed by atoms with Gasteiger partial charge in [0.25, 0.3) is 5.91 Å². The first kappa shape index (κ1) is 18.6. The lowest BCUT2D eigenvalue weighted by molar-refractivity contribution is -0.113. The smallest absolute Gasteiger partial charge is 0.254 e. The number of likely N-dealkylation sites (tertiary alicyclic amines) is 1. The number of benzene rings is 1. The lowest BCUT2D eigenvalue weighted by atomic mass is 9.86. The first-order valence-corrected chi connectivity index (χ1v) is 9.47. The zero-order valence-corrected chi connectivity index (χ0v) is 15.5. The van der Waals surface area contributed by atoms with Crippen molar-refractivity contribution in [2.75, 3.05) is 18.5 Å². The Labute approximate surface area is 155 Å². The SMILES string of the molecule is C=CC(=O)N(C)c1ccc(C(=O)N2CC(O)CC23CCCCCC3)cc1. The van der Waals surface area contributed by atoms with Crippen molar-refractivity contribution in [2.24, 2.45) is 0 Å². The lowest BCUT2D eigenvalue weighted by Crippen LogP contribution is -2.47. The van der Waals surface area contributed by atoms with Crippen LogP contribution in [0.25, 0.3) is 0 Å². The second-order valence-corrected chi connectivity index (χ2v) is 7.56. The molecule has 1 heterocycles. The molecule has 1 saturated heterocycles. The summed E-state index contributed by atoms with van der Waals surface area (Å²) in [4.78, 5) is 28.3. The Morgan fingerprint density at radius 1 is 1.19 bits per heavy atom. The molecule has 140 valence electrons. The van der Waals surface area contributed by atoms with Crippen molar-refractivity contribution in [3.05, 3.63) is 42.5 Å². The Morgan fingerprint density at radius 3 is 2.38 bits per heavy atom. The second-order valence-electron chi connectivity index (χ2n) is 7.56. The predicted molar refractivity (Wildman–Crippen MR) is 102 cm³/mol. The van der Waals surface area contributed by atoms with E-state index in [9.17, 15) is 14.7 Å². The molecule has 1 aromatic carbocycles. The van der Waals surface area contributed by atoms with Crippen LogP contribution < -0.4 is 4.90 Å². The summed E-state index contributed by atoms with van der Waals surface area (Å²) in [7, 11) is 1.68. The maximum Gasteiger partial charge on any atom is 0.254 e. The number of anilines is 1. The molecular weight excluding hydrogens is 328 g/mol. The molecule has 1 aliphatic carbocycles. The largest absolute Gasteiger partial charge is 0.391 e. The molecule has 2 aliphatic rings. The number of aliphatic hydroxyl groups is 1. The Balaban J connectivity index is 1.81. The van der Waals surface area contributed by atoms with E-state index in [1.165, 1.54) is 23.8 Å². The van der Waals surface area contributed by atoms with Crippen LogP contribution in [0.1, 0.15) is 55.3 Å². The van der Waals surface area contributed by atoms with E-state index in [2.05, 4.69) is 6.58 Å². The van der Waals surface area contributed by atoms with Crippen molar-refractivity contribution in [3.8, 4) is 0 Å². The molecule has 1 saturated carbocycles. The maximum atomic E-state index is 13.2. The number of β-amino-alcohol motifs (C(OH)–C–C–N with tert-alkyl or cyclic N) is 1. The number of carbonyl (C=O) groups is 2. The van der Waals surface area contributed by atoms with Crippen molar-refractivity contribution in [2.45, 2.75) is 56.6 Å². The normalized spacial score (nSPS) is 22.1. The van der Waals surface area contributed by atoms with Crippen LogP contribution in [0.15, 0.2) is 36.9 Å². The molecule has 26 heavy (non-hydrogen) atoms. The number of hydrogen-bond donors (Lipinski definition) is 1. The highest BCUT2D eigenvalue weighted by Gasteiger charge is 2.47. The van der Waals surface area contributed by atoms with E-state index >= 15 is 0 Å². The third-order valence-electron chi connectivity index (χ3n) is 5.87. The quantitative estimate of drug-likeness (QED) is 0.847. The van der Waals surface area contributed by atoms with Gasteiger partial charge < -0.3 is 14.9 Å². The van der Waals surface area contributed by atoms with Gasteiger partial charge in [0.15, 0.2) is 0 Å². The van der Waals surface area contributed by atoms with Crippen LogP contribution in [0, 0.1) is 0 Å². The number of carbonyl (C=O) groups excluding carboxylic acids is 2. The summed E-state index contributed by atoms with van der Waals surface area (Å²) in [5.74, 6) is -0.211. The molecule has 1 aliphatic heterocycles. The van der Waals surface area contributed by atoms with Gasteiger partial charge in [-0.1, -0.05) is 32.3 Å². The molecule has 1 atom stereocenters. The molecule has 0 radical (unpaired) electrons. The van der Waals surface area contributed by atoms with Crippen LogP contribution in [0.2, 0.25) is 0 Å². The molecule has 5 heteroatoms. The van der Waals surface area contributed by atoms with Crippen molar-refractivity contribution in [1.29, 1.82) is 0 Å². The van der Waals surface area contributed by atoms with E-state index in [0.717, 1.165) is 31.4 Å². The molecule has 1 N–H and O–H groups in total. The number of aliphatic hydroxyl groups excluding tert-OH is 1. The maximum absolute atomic E-state index is 13.2. The minimum absolute atomic E-state index is 0.0206. The fraction of sp³-hybridized carbons (Fsp3) is 0.524. The summed E-state index contributed by atoms with van der Waals surface area (Å²) in [6, 6.07) is 7.08. The average molecular weight is 356 g/mol.